The third kappa shape index (κ3) is 5.60. The van der Waals surface area contributed by atoms with Crippen molar-refractivity contribution in [3.8, 4) is 0 Å². The van der Waals surface area contributed by atoms with Crippen molar-refractivity contribution in [2.45, 2.75) is 61.9 Å². The van der Waals surface area contributed by atoms with Gasteiger partial charge in [0.2, 0.25) is 0 Å². The maximum Gasteiger partial charge on any atom is 0.253 e. The Balaban J connectivity index is 1.48. The van der Waals surface area contributed by atoms with Crippen LogP contribution in [0, 0.1) is 6.92 Å². The number of halogens is 2. The van der Waals surface area contributed by atoms with Crippen LogP contribution in [0.15, 0.2) is 47.5 Å². The van der Waals surface area contributed by atoms with Crippen LogP contribution >= 0.6 is 0 Å². The van der Waals surface area contributed by atoms with Gasteiger partial charge in [-0.1, -0.05) is 6.07 Å². The van der Waals surface area contributed by atoms with Gasteiger partial charge in [-0.05, 0) is 69.5 Å². The van der Waals surface area contributed by atoms with Gasteiger partial charge in [-0.3, -0.25) is 14.7 Å². The molecule has 196 valence electrons. The highest BCUT2D eigenvalue weighted by Gasteiger charge is 2.45. The number of benzene rings is 1. The van der Waals surface area contributed by atoms with Gasteiger partial charge in [0, 0.05) is 37.9 Å². The number of likely N-dealkylation sites (tertiary alicyclic amines) is 1. The van der Waals surface area contributed by atoms with Crippen molar-refractivity contribution in [1.29, 1.82) is 0 Å². The van der Waals surface area contributed by atoms with Crippen molar-refractivity contribution in [3.63, 3.8) is 0 Å². The van der Waals surface area contributed by atoms with E-state index in [1.54, 1.807) is 55.0 Å². The summed E-state index contributed by atoms with van der Waals surface area (Å²) in [6.45, 7) is 6.19. The van der Waals surface area contributed by atoms with E-state index in [1.807, 2.05) is 12.1 Å². The Kier molecular flexibility index (Phi) is 7.78. The first-order valence-corrected chi connectivity index (χ1v) is 13.8. The Labute approximate surface area is 211 Å². The quantitative estimate of drug-likeness (QED) is 0.574. The summed E-state index contributed by atoms with van der Waals surface area (Å²) in [5.41, 5.74) is 1.04. The van der Waals surface area contributed by atoms with Crippen LogP contribution < -0.4 is 0 Å². The van der Waals surface area contributed by atoms with Crippen molar-refractivity contribution in [2.75, 3.05) is 32.7 Å². The second-order valence-electron chi connectivity index (χ2n) is 10.00. The molecule has 4 rings (SSSR count). The van der Waals surface area contributed by atoms with E-state index in [2.05, 4.69) is 4.98 Å². The zero-order chi connectivity index (χ0) is 26.1. The van der Waals surface area contributed by atoms with E-state index in [-0.39, 0.29) is 17.3 Å². The number of alkyl halides is 2. The van der Waals surface area contributed by atoms with Crippen molar-refractivity contribution in [2.24, 2.45) is 0 Å². The molecular formula is C26H33F2N3O4S. The zero-order valence-corrected chi connectivity index (χ0v) is 21.7. The molecule has 0 saturated carbocycles. The first kappa shape index (κ1) is 26.6. The standard InChI is InChI=1S/C26H33F2N3O4S/c1-18(2)36(33,34)23-8-7-20(14-19(23)3)25(32)31-12-9-26(10-13-31)17-30(16-24(27)28)15-22(35-26)21-6-4-5-11-29-21/h4-8,11,14,18,22,24H,9-10,12-13,15-17H2,1-3H3. The number of pyridine rings is 1. The number of rotatable bonds is 6. The Bertz CT molecular complexity index is 1180. The predicted molar refractivity (Wildman–Crippen MR) is 132 cm³/mol. The van der Waals surface area contributed by atoms with Crippen LogP contribution in [0.5, 0.6) is 0 Å². The average molecular weight is 522 g/mol. The normalized spacial score (nSPS) is 20.9. The van der Waals surface area contributed by atoms with Crippen LogP contribution in [0.4, 0.5) is 8.78 Å². The Morgan fingerprint density at radius 3 is 2.50 bits per heavy atom. The predicted octanol–water partition coefficient (Wildman–Crippen LogP) is 3.89. The van der Waals surface area contributed by atoms with E-state index in [0.717, 1.165) is 0 Å². The van der Waals surface area contributed by atoms with Gasteiger partial charge in [-0.15, -0.1) is 0 Å². The fourth-order valence-electron chi connectivity index (χ4n) is 5.07. The summed E-state index contributed by atoms with van der Waals surface area (Å²) in [7, 11) is -3.44. The highest BCUT2D eigenvalue weighted by Crippen LogP contribution is 2.38. The van der Waals surface area contributed by atoms with Crippen LogP contribution in [-0.4, -0.2) is 79.1 Å². The third-order valence-electron chi connectivity index (χ3n) is 7.05. The molecule has 36 heavy (non-hydrogen) atoms. The van der Waals surface area contributed by atoms with Crippen LogP contribution in [-0.2, 0) is 14.6 Å². The first-order chi connectivity index (χ1) is 17.0. The minimum absolute atomic E-state index is 0.178. The van der Waals surface area contributed by atoms with Crippen LogP contribution in [0.2, 0.25) is 0 Å². The number of amides is 1. The summed E-state index contributed by atoms with van der Waals surface area (Å²) in [6.07, 6.45) is -0.171. The fraction of sp³-hybridized carbons (Fsp3) is 0.538. The van der Waals surface area contributed by atoms with Gasteiger partial charge in [0.1, 0.15) is 6.10 Å². The Morgan fingerprint density at radius 1 is 1.19 bits per heavy atom. The van der Waals surface area contributed by atoms with Gasteiger partial charge in [0.25, 0.3) is 12.3 Å². The second-order valence-corrected chi connectivity index (χ2v) is 12.5. The average Bonchev–Trinajstić information content (AvgIpc) is 2.83. The largest absolute Gasteiger partial charge is 0.363 e. The lowest BCUT2D eigenvalue weighted by atomic mass is 9.87. The molecule has 2 aromatic rings. The molecule has 1 aromatic heterocycles. The minimum Gasteiger partial charge on any atom is -0.363 e. The van der Waals surface area contributed by atoms with Gasteiger partial charge in [-0.2, -0.15) is 0 Å². The number of sulfone groups is 1. The number of hydrogen-bond donors (Lipinski definition) is 0. The molecule has 2 fully saturated rings. The summed E-state index contributed by atoms with van der Waals surface area (Å²) in [4.78, 5) is 21.3. The molecule has 2 saturated heterocycles. The smallest absolute Gasteiger partial charge is 0.253 e. The summed E-state index contributed by atoms with van der Waals surface area (Å²) < 4.78 is 58.1. The minimum atomic E-state index is -3.44. The molecule has 0 aliphatic carbocycles. The highest BCUT2D eigenvalue weighted by atomic mass is 32.2. The zero-order valence-electron chi connectivity index (χ0n) is 20.9. The second kappa shape index (κ2) is 10.5. The fourth-order valence-corrected chi connectivity index (χ4v) is 6.34. The lowest BCUT2D eigenvalue weighted by molar-refractivity contribution is -0.181. The van der Waals surface area contributed by atoms with Gasteiger partial charge in [0.05, 0.1) is 28.0 Å². The van der Waals surface area contributed by atoms with Crippen molar-refractivity contribution >= 4 is 15.7 Å². The molecular weight excluding hydrogens is 488 g/mol. The topological polar surface area (TPSA) is 79.8 Å². The van der Waals surface area contributed by atoms with E-state index in [0.29, 0.717) is 55.8 Å². The molecule has 1 spiro atoms. The summed E-state index contributed by atoms with van der Waals surface area (Å²) >= 11 is 0. The maximum absolute atomic E-state index is 13.3. The summed E-state index contributed by atoms with van der Waals surface area (Å²) in [5.74, 6) is -0.178. The molecule has 0 radical (unpaired) electrons. The molecule has 3 heterocycles. The number of aromatic nitrogens is 1. The van der Waals surface area contributed by atoms with E-state index in [9.17, 15) is 22.0 Å². The van der Waals surface area contributed by atoms with Crippen molar-refractivity contribution in [3.05, 3.63) is 59.4 Å². The molecule has 1 unspecified atom stereocenters. The van der Waals surface area contributed by atoms with E-state index >= 15 is 0 Å². The monoisotopic (exact) mass is 521 g/mol. The molecule has 2 aliphatic rings. The molecule has 1 aromatic carbocycles. The van der Waals surface area contributed by atoms with E-state index in [4.69, 9.17) is 4.74 Å². The SMILES string of the molecule is Cc1cc(C(=O)N2CCC3(CC2)CN(CC(F)F)CC(c2ccccn2)O3)ccc1S(=O)(=O)C(C)C. The molecule has 10 heteroatoms. The lowest BCUT2D eigenvalue weighted by Gasteiger charge is -2.49. The van der Waals surface area contributed by atoms with Crippen molar-refractivity contribution in [1.82, 2.24) is 14.8 Å². The highest BCUT2D eigenvalue weighted by molar-refractivity contribution is 7.92. The number of aryl methyl sites for hydroxylation is 1. The van der Waals surface area contributed by atoms with Crippen LogP contribution in [0.1, 0.15) is 54.4 Å². The molecule has 0 N–H and O–H groups in total. The maximum atomic E-state index is 13.3. The van der Waals surface area contributed by atoms with Gasteiger partial charge in [-0.25, -0.2) is 17.2 Å². The number of nitrogens with zero attached hydrogens (tertiary/aromatic N) is 3. The van der Waals surface area contributed by atoms with E-state index < -0.39 is 33.2 Å². The number of ether oxygens (including phenoxy) is 1. The van der Waals surface area contributed by atoms with Gasteiger partial charge < -0.3 is 9.64 Å². The first-order valence-electron chi connectivity index (χ1n) is 12.2. The molecule has 2 aliphatic heterocycles. The summed E-state index contributed by atoms with van der Waals surface area (Å²) in [5, 5.41) is -0.550. The number of carbonyl (C=O) groups is 1. The van der Waals surface area contributed by atoms with Crippen LogP contribution in [0.3, 0.4) is 0 Å². The Hall–Kier alpha value is -2.43. The van der Waals surface area contributed by atoms with Gasteiger partial charge in [0.15, 0.2) is 9.84 Å². The number of carbonyl (C=O) groups excluding carboxylic acids is 1. The number of hydrogen-bond acceptors (Lipinski definition) is 6. The third-order valence-corrected chi connectivity index (χ3v) is 9.37. The lowest BCUT2D eigenvalue weighted by Crippen LogP contribution is -2.58. The van der Waals surface area contributed by atoms with E-state index in [1.165, 1.54) is 6.07 Å². The van der Waals surface area contributed by atoms with Crippen molar-refractivity contribution < 1.29 is 26.7 Å². The number of piperidine rings is 1. The van der Waals surface area contributed by atoms with Gasteiger partial charge >= 0.3 is 0 Å². The summed E-state index contributed by atoms with van der Waals surface area (Å²) in [6, 6.07) is 10.2. The molecule has 7 nitrogen and oxygen atoms in total. The molecule has 1 atom stereocenters. The Morgan fingerprint density at radius 2 is 1.92 bits per heavy atom. The number of morpholine rings is 1. The molecule has 0 bridgehead atoms. The molecule has 1 amide bonds. The van der Waals surface area contributed by atoms with Crippen LogP contribution in [0.25, 0.3) is 0 Å².